The van der Waals surface area contributed by atoms with E-state index >= 15 is 0 Å². The van der Waals surface area contributed by atoms with Crippen LogP contribution in [0.4, 0.5) is 15.8 Å². The summed E-state index contributed by atoms with van der Waals surface area (Å²) in [4.78, 5) is -0.450. The largest absolute Gasteiger partial charge is 0.397 e. The van der Waals surface area contributed by atoms with Gasteiger partial charge in [0.25, 0.3) is 10.0 Å². The maximum atomic E-state index is 13.5. The van der Waals surface area contributed by atoms with Crippen molar-refractivity contribution in [3.8, 4) is 0 Å². The van der Waals surface area contributed by atoms with E-state index in [-0.39, 0.29) is 11.4 Å². The molecule has 2 rings (SSSR count). The van der Waals surface area contributed by atoms with Crippen LogP contribution in [0.15, 0.2) is 47.4 Å². The van der Waals surface area contributed by atoms with Crippen LogP contribution in [0.25, 0.3) is 0 Å². The van der Waals surface area contributed by atoms with Gasteiger partial charge in [-0.2, -0.15) is 0 Å². The number of sulfonamides is 1. The molecule has 0 fully saturated rings. The van der Waals surface area contributed by atoms with Gasteiger partial charge in [-0.1, -0.05) is 23.7 Å². The van der Waals surface area contributed by atoms with Crippen LogP contribution in [0.3, 0.4) is 0 Å². The standard InChI is InChI=1S/C12H10ClFN2O2S/c13-8-5-6-10(15)11(7-8)16-19(17,18)12-4-2-1-3-9(12)14/h1-7,16H,15H2. The third-order valence-corrected chi connectivity index (χ3v) is 4.02. The van der Waals surface area contributed by atoms with Gasteiger partial charge in [0, 0.05) is 5.02 Å². The minimum Gasteiger partial charge on any atom is -0.397 e. The highest BCUT2D eigenvalue weighted by Crippen LogP contribution is 2.26. The Morgan fingerprint density at radius 3 is 2.53 bits per heavy atom. The molecule has 0 unspecified atom stereocenters. The van der Waals surface area contributed by atoms with Gasteiger partial charge in [-0.25, -0.2) is 12.8 Å². The van der Waals surface area contributed by atoms with Gasteiger partial charge in [0.15, 0.2) is 0 Å². The fourth-order valence-electron chi connectivity index (χ4n) is 1.48. The van der Waals surface area contributed by atoms with Gasteiger partial charge in [-0.15, -0.1) is 0 Å². The van der Waals surface area contributed by atoms with E-state index in [4.69, 9.17) is 17.3 Å². The Morgan fingerprint density at radius 1 is 1.16 bits per heavy atom. The highest BCUT2D eigenvalue weighted by molar-refractivity contribution is 7.92. The lowest BCUT2D eigenvalue weighted by Gasteiger charge is -2.11. The summed E-state index contributed by atoms with van der Waals surface area (Å²) in [5, 5.41) is 0.320. The van der Waals surface area contributed by atoms with Crippen molar-refractivity contribution in [2.45, 2.75) is 4.90 Å². The molecule has 0 aliphatic heterocycles. The van der Waals surface area contributed by atoms with Crippen molar-refractivity contribution in [2.75, 3.05) is 10.5 Å². The third-order valence-electron chi connectivity index (χ3n) is 2.39. The quantitative estimate of drug-likeness (QED) is 0.856. The van der Waals surface area contributed by atoms with Crippen LogP contribution in [0.1, 0.15) is 0 Å². The topological polar surface area (TPSA) is 72.2 Å². The number of hydrogen-bond donors (Lipinski definition) is 2. The third kappa shape index (κ3) is 2.97. The molecular formula is C12H10ClFN2O2S. The second kappa shape index (κ2) is 5.07. The van der Waals surface area contributed by atoms with E-state index in [9.17, 15) is 12.8 Å². The van der Waals surface area contributed by atoms with Crippen molar-refractivity contribution in [2.24, 2.45) is 0 Å². The molecule has 100 valence electrons. The molecule has 0 aliphatic carbocycles. The fourth-order valence-corrected chi connectivity index (χ4v) is 2.81. The van der Waals surface area contributed by atoms with E-state index < -0.39 is 20.7 Å². The molecule has 0 amide bonds. The van der Waals surface area contributed by atoms with Crippen molar-refractivity contribution in [1.29, 1.82) is 0 Å². The summed E-state index contributed by atoms with van der Waals surface area (Å²) < 4.78 is 39.8. The van der Waals surface area contributed by atoms with Crippen LogP contribution in [0, 0.1) is 5.82 Å². The number of nitrogens with one attached hydrogen (secondary N) is 1. The second-order valence-corrected chi connectivity index (χ2v) is 5.85. The van der Waals surface area contributed by atoms with Crippen LogP contribution in [0.2, 0.25) is 5.02 Å². The molecule has 0 atom stereocenters. The second-order valence-electron chi connectivity index (χ2n) is 3.77. The van der Waals surface area contributed by atoms with E-state index in [0.29, 0.717) is 5.02 Å². The SMILES string of the molecule is Nc1ccc(Cl)cc1NS(=O)(=O)c1ccccc1F. The minimum atomic E-state index is -4.05. The molecular weight excluding hydrogens is 291 g/mol. The molecule has 3 N–H and O–H groups in total. The molecule has 4 nitrogen and oxygen atoms in total. The van der Waals surface area contributed by atoms with E-state index in [1.807, 2.05) is 0 Å². The lowest BCUT2D eigenvalue weighted by Crippen LogP contribution is -2.15. The Kier molecular flexibility index (Phi) is 3.64. The number of nitrogens with two attached hydrogens (primary N) is 1. The zero-order valence-electron chi connectivity index (χ0n) is 9.60. The summed E-state index contributed by atoms with van der Waals surface area (Å²) in [6.07, 6.45) is 0. The summed E-state index contributed by atoms with van der Waals surface area (Å²) >= 11 is 5.76. The van der Waals surface area contributed by atoms with Crippen LogP contribution in [-0.4, -0.2) is 8.42 Å². The first-order chi connectivity index (χ1) is 8.90. The molecule has 0 heterocycles. The monoisotopic (exact) mass is 300 g/mol. The van der Waals surface area contributed by atoms with Gasteiger partial charge in [0.2, 0.25) is 0 Å². The Labute approximate surface area is 115 Å². The molecule has 2 aromatic carbocycles. The zero-order chi connectivity index (χ0) is 14.0. The van der Waals surface area contributed by atoms with Crippen LogP contribution in [0.5, 0.6) is 0 Å². The lowest BCUT2D eigenvalue weighted by molar-refractivity contribution is 0.570. The normalized spacial score (nSPS) is 11.3. The van der Waals surface area contributed by atoms with E-state index in [0.717, 1.165) is 6.07 Å². The molecule has 0 radical (unpaired) electrons. The molecule has 2 aromatic rings. The maximum Gasteiger partial charge on any atom is 0.264 e. The van der Waals surface area contributed by atoms with Gasteiger partial charge in [-0.05, 0) is 30.3 Å². The smallest absolute Gasteiger partial charge is 0.264 e. The number of hydrogen-bond acceptors (Lipinski definition) is 3. The van der Waals surface area contributed by atoms with E-state index in [1.54, 1.807) is 0 Å². The van der Waals surface area contributed by atoms with E-state index in [2.05, 4.69) is 4.72 Å². The lowest BCUT2D eigenvalue weighted by atomic mass is 10.3. The molecule has 0 aliphatic rings. The van der Waals surface area contributed by atoms with Crippen molar-refractivity contribution in [3.63, 3.8) is 0 Å². The fraction of sp³-hybridized carbons (Fsp3) is 0. The van der Waals surface area contributed by atoms with Gasteiger partial charge >= 0.3 is 0 Å². The predicted molar refractivity (Wildman–Crippen MR) is 73.1 cm³/mol. The summed E-state index contributed by atoms with van der Waals surface area (Å²) in [5.41, 5.74) is 5.94. The summed E-state index contributed by atoms with van der Waals surface area (Å²) in [6, 6.07) is 9.41. The molecule has 0 bridgehead atoms. The van der Waals surface area contributed by atoms with Crippen LogP contribution in [-0.2, 0) is 10.0 Å². The number of benzene rings is 2. The summed E-state index contributed by atoms with van der Waals surface area (Å²) in [5.74, 6) is -0.837. The summed E-state index contributed by atoms with van der Waals surface area (Å²) in [6.45, 7) is 0. The highest BCUT2D eigenvalue weighted by Gasteiger charge is 2.19. The Bertz CT molecular complexity index is 719. The molecule has 0 spiro atoms. The van der Waals surface area contributed by atoms with Gasteiger partial charge in [-0.3, -0.25) is 4.72 Å². The zero-order valence-corrected chi connectivity index (χ0v) is 11.2. The van der Waals surface area contributed by atoms with Crippen molar-refractivity contribution < 1.29 is 12.8 Å². The Balaban J connectivity index is 2.43. The average molecular weight is 301 g/mol. The molecule has 0 aromatic heterocycles. The van der Waals surface area contributed by atoms with Crippen molar-refractivity contribution >= 4 is 33.0 Å². The number of nitrogen functional groups attached to an aromatic ring is 1. The minimum absolute atomic E-state index is 0.107. The van der Waals surface area contributed by atoms with E-state index in [1.165, 1.54) is 36.4 Å². The van der Waals surface area contributed by atoms with Crippen LogP contribution < -0.4 is 10.5 Å². The maximum absolute atomic E-state index is 13.5. The first-order valence-electron chi connectivity index (χ1n) is 5.22. The molecule has 7 heteroatoms. The Morgan fingerprint density at radius 2 is 1.84 bits per heavy atom. The van der Waals surface area contributed by atoms with Crippen LogP contribution >= 0.6 is 11.6 Å². The van der Waals surface area contributed by atoms with Gasteiger partial charge in [0.05, 0.1) is 11.4 Å². The van der Waals surface area contributed by atoms with Crippen molar-refractivity contribution in [3.05, 3.63) is 53.3 Å². The molecule has 0 saturated heterocycles. The average Bonchev–Trinajstić information content (AvgIpc) is 2.34. The van der Waals surface area contributed by atoms with Gasteiger partial charge < -0.3 is 5.73 Å². The number of anilines is 2. The molecule has 0 saturated carbocycles. The predicted octanol–water partition coefficient (Wildman–Crippen LogP) is 2.86. The van der Waals surface area contributed by atoms with Gasteiger partial charge in [0.1, 0.15) is 10.7 Å². The number of rotatable bonds is 3. The van der Waals surface area contributed by atoms with Crippen molar-refractivity contribution in [1.82, 2.24) is 0 Å². The number of halogens is 2. The molecule has 19 heavy (non-hydrogen) atoms. The summed E-state index contributed by atoms with van der Waals surface area (Å²) in [7, 11) is -4.05. The highest BCUT2D eigenvalue weighted by atomic mass is 35.5. The first kappa shape index (κ1) is 13.6. The first-order valence-corrected chi connectivity index (χ1v) is 7.08. The Hall–Kier alpha value is -1.79.